The molecule has 1 aromatic carbocycles. The first-order chi connectivity index (χ1) is 12.2. The number of hydrogen-bond donors (Lipinski definition) is 1. The van der Waals surface area contributed by atoms with Crippen molar-refractivity contribution in [1.82, 2.24) is 5.32 Å². The molecule has 1 aliphatic carbocycles. The SMILES string of the molecule is CCC[C@H](NC(=O)CC(=O)C1CC(F)(F)C1)c1cccc(OC(F)F)c1. The van der Waals surface area contributed by atoms with Crippen LogP contribution in [0.15, 0.2) is 24.3 Å². The number of benzene rings is 1. The van der Waals surface area contributed by atoms with E-state index in [1.165, 1.54) is 18.2 Å². The molecule has 0 saturated heterocycles. The van der Waals surface area contributed by atoms with Gasteiger partial charge in [-0.1, -0.05) is 25.5 Å². The van der Waals surface area contributed by atoms with Crippen LogP contribution in [0.5, 0.6) is 5.75 Å². The topological polar surface area (TPSA) is 55.4 Å². The molecule has 26 heavy (non-hydrogen) atoms. The van der Waals surface area contributed by atoms with Crippen LogP contribution in [0.2, 0.25) is 0 Å². The van der Waals surface area contributed by atoms with Crippen LogP contribution in [0.3, 0.4) is 0 Å². The zero-order valence-corrected chi connectivity index (χ0v) is 14.3. The van der Waals surface area contributed by atoms with Crippen LogP contribution in [0, 0.1) is 5.92 Å². The van der Waals surface area contributed by atoms with Gasteiger partial charge in [0.05, 0.1) is 12.5 Å². The lowest BCUT2D eigenvalue weighted by atomic mass is 9.77. The molecule has 0 spiro atoms. The van der Waals surface area contributed by atoms with Crippen molar-refractivity contribution >= 4 is 11.7 Å². The van der Waals surface area contributed by atoms with Gasteiger partial charge in [-0.2, -0.15) is 8.78 Å². The first kappa shape index (κ1) is 20.2. The Morgan fingerprint density at radius 3 is 2.58 bits per heavy atom. The minimum absolute atomic E-state index is 0.0272. The molecule has 0 aromatic heterocycles. The van der Waals surface area contributed by atoms with Gasteiger partial charge in [-0.05, 0) is 24.1 Å². The molecule has 1 atom stereocenters. The van der Waals surface area contributed by atoms with E-state index in [1.54, 1.807) is 6.07 Å². The van der Waals surface area contributed by atoms with Crippen molar-refractivity contribution in [3.05, 3.63) is 29.8 Å². The number of ether oxygens (including phenoxy) is 1. The summed E-state index contributed by atoms with van der Waals surface area (Å²) in [6.45, 7) is -1.07. The molecule has 0 heterocycles. The second-order valence-corrected chi connectivity index (χ2v) is 6.46. The van der Waals surface area contributed by atoms with Gasteiger partial charge in [-0.3, -0.25) is 9.59 Å². The number of Topliss-reactive ketones (excluding diaryl/α,β-unsaturated/α-hetero) is 1. The summed E-state index contributed by atoms with van der Waals surface area (Å²) in [4.78, 5) is 24.0. The van der Waals surface area contributed by atoms with Gasteiger partial charge in [0, 0.05) is 18.8 Å². The highest BCUT2D eigenvalue weighted by Gasteiger charge is 2.48. The Morgan fingerprint density at radius 1 is 1.31 bits per heavy atom. The van der Waals surface area contributed by atoms with Gasteiger partial charge in [0.1, 0.15) is 11.5 Å². The minimum atomic E-state index is -2.96. The number of amides is 1. The number of carbonyl (C=O) groups excluding carboxylic acids is 2. The molecule has 0 bridgehead atoms. The maximum Gasteiger partial charge on any atom is 0.387 e. The molecular formula is C18H21F4NO3. The number of halogens is 4. The van der Waals surface area contributed by atoms with Crippen molar-refractivity contribution in [2.45, 2.75) is 57.6 Å². The molecule has 0 unspecified atom stereocenters. The predicted molar refractivity (Wildman–Crippen MR) is 86.2 cm³/mol. The quantitative estimate of drug-likeness (QED) is 0.519. The van der Waals surface area contributed by atoms with Gasteiger partial charge in [0.2, 0.25) is 11.8 Å². The van der Waals surface area contributed by atoms with Crippen molar-refractivity contribution in [2.75, 3.05) is 0 Å². The molecule has 4 nitrogen and oxygen atoms in total. The molecule has 1 aliphatic rings. The van der Waals surface area contributed by atoms with E-state index in [4.69, 9.17) is 0 Å². The van der Waals surface area contributed by atoms with Crippen LogP contribution in [-0.4, -0.2) is 24.2 Å². The average molecular weight is 375 g/mol. The monoisotopic (exact) mass is 375 g/mol. The molecular weight excluding hydrogens is 354 g/mol. The molecule has 144 valence electrons. The van der Waals surface area contributed by atoms with Crippen LogP contribution in [0.4, 0.5) is 17.6 Å². The number of nitrogens with one attached hydrogen (secondary N) is 1. The third-order valence-corrected chi connectivity index (χ3v) is 4.28. The Kier molecular flexibility index (Phi) is 6.61. The summed E-state index contributed by atoms with van der Waals surface area (Å²) in [6, 6.07) is 5.49. The number of carbonyl (C=O) groups is 2. The first-order valence-corrected chi connectivity index (χ1v) is 8.45. The van der Waals surface area contributed by atoms with Gasteiger partial charge in [0.15, 0.2) is 0 Å². The van der Waals surface area contributed by atoms with Crippen molar-refractivity contribution < 1.29 is 31.9 Å². The van der Waals surface area contributed by atoms with E-state index < -0.39 is 55.4 Å². The smallest absolute Gasteiger partial charge is 0.387 e. The molecule has 2 rings (SSSR count). The third-order valence-electron chi connectivity index (χ3n) is 4.28. The van der Waals surface area contributed by atoms with Crippen LogP contribution in [0.1, 0.15) is 50.6 Å². The summed E-state index contributed by atoms with van der Waals surface area (Å²) in [7, 11) is 0. The number of hydrogen-bond acceptors (Lipinski definition) is 3. The molecule has 8 heteroatoms. The zero-order chi connectivity index (χ0) is 19.3. The van der Waals surface area contributed by atoms with E-state index in [0.717, 1.165) is 0 Å². The molecule has 1 aromatic rings. The normalized spacial score (nSPS) is 17.5. The summed E-state index contributed by atoms with van der Waals surface area (Å²) >= 11 is 0. The Bertz CT molecular complexity index is 643. The first-order valence-electron chi connectivity index (χ1n) is 8.45. The van der Waals surface area contributed by atoms with E-state index in [-0.39, 0.29) is 5.75 Å². The second-order valence-electron chi connectivity index (χ2n) is 6.46. The fourth-order valence-corrected chi connectivity index (χ4v) is 2.96. The molecule has 1 amide bonds. The van der Waals surface area contributed by atoms with Crippen molar-refractivity contribution in [3.63, 3.8) is 0 Å². The van der Waals surface area contributed by atoms with Gasteiger partial charge in [-0.25, -0.2) is 8.78 Å². The number of rotatable bonds is 9. The Balaban J connectivity index is 1.97. The Labute approximate surface area is 148 Å². The second kappa shape index (κ2) is 8.51. The molecule has 1 fully saturated rings. The predicted octanol–water partition coefficient (Wildman–Crippen LogP) is 4.25. The van der Waals surface area contributed by atoms with E-state index in [0.29, 0.717) is 18.4 Å². The maximum atomic E-state index is 12.8. The van der Waals surface area contributed by atoms with Gasteiger partial charge >= 0.3 is 6.61 Å². The van der Waals surface area contributed by atoms with Gasteiger partial charge < -0.3 is 10.1 Å². The van der Waals surface area contributed by atoms with Crippen LogP contribution >= 0.6 is 0 Å². The van der Waals surface area contributed by atoms with Crippen LogP contribution in [-0.2, 0) is 9.59 Å². The maximum absolute atomic E-state index is 12.8. The Hall–Kier alpha value is -2.12. The molecule has 0 radical (unpaired) electrons. The lowest BCUT2D eigenvalue weighted by Gasteiger charge is -2.33. The number of ketones is 1. The summed E-state index contributed by atoms with van der Waals surface area (Å²) in [5.41, 5.74) is 0.570. The lowest BCUT2D eigenvalue weighted by molar-refractivity contribution is -0.150. The fraction of sp³-hybridized carbons (Fsp3) is 0.556. The van der Waals surface area contributed by atoms with E-state index in [1.807, 2.05) is 6.92 Å². The molecule has 1 saturated carbocycles. The van der Waals surface area contributed by atoms with Crippen molar-refractivity contribution in [3.8, 4) is 5.75 Å². The highest BCUT2D eigenvalue weighted by atomic mass is 19.3. The van der Waals surface area contributed by atoms with Crippen molar-refractivity contribution in [1.29, 1.82) is 0 Å². The fourth-order valence-electron chi connectivity index (χ4n) is 2.96. The molecule has 1 N–H and O–H groups in total. The lowest BCUT2D eigenvalue weighted by Crippen LogP contribution is -2.41. The average Bonchev–Trinajstić information content (AvgIpc) is 2.51. The largest absolute Gasteiger partial charge is 0.435 e. The minimum Gasteiger partial charge on any atom is -0.435 e. The van der Waals surface area contributed by atoms with Crippen LogP contribution in [0.25, 0.3) is 0 Å². The highest BCUT2D eigenvalue weighted by molar-refractivity contribution is 5.99. The standard InChI is InChI=1S/C18H21F4NO3/c1-2-4-14(11-5-3-6-13(7-11)26-17(19)20)23-16(25)8-15(24)12-9-18(21,22)10-12/h3,5-7,12,14,17H,2,4,8-10H2,1H3,(H,23,25)/t14-/m0/s1. The number of alkyl halides is 4. The summed E-state index contributed by atoms with van der Waals surface area (Å²) in [5.74, 6) is -4.68. The summed E-state index contributed by atoms with van der Waals surface area (Å²) in [6.07, 6.45) is -0.254. The zero-order valence-electron chi connectivity index (χ0n) is 14.3. The molecule has 0 aliphatic heterocycles. The van der Waals surface area contributed by atoms with Crippen LogP contribution < -0.4 is 10.1 Å². The summed E-state index contributed by atoms with van der Waals surface area (Å²) < 4.78 is 54.7. The summed E-state index contributed by atoms with van der Waals surface area (Å²) in [5, 5.41) is 2.68. The van der Waals surface area contributed by atoms with E-state index >= 15 is 0 Å². The van der Waals surface area contributed by atoms with E-state index in [2.05, 4.69) is 10.1 Å². The Morgan fingerprint density at radius 2 is 2.00 bits per heavy atom. The van der Waals surface area contributed by atoms with Gasteiger partial charge in [-0.15, -0.1) is 0 Å². The third kappa shape index (κ3) is 5.71. The van der Waals surface area contributed by atoms with Crippen molar-refractivity contribution in [2.24, 2.45) is 5.92 Å². The van der Waals surface area contributed by atoms with E-state index in [9.17, 15) is 27.2 Å². The highest BCUT2D eigenvalue weighted by Crippen LogP contribution is 2.43. The van der Waals surface area contributed by atoms with Gasteiger partial charge in [0.25, 0.3) is 0 Å².